The summed E-state index contributed by atoms with van der Waals surface area (Å²) in [5.41, 5.74) is -0.205. The van der Waals surface area contributed by atoms with Crippen molar-refractivity contribution in [3.8, 4) is 0 Å². The van der Waals surface area contributed by atoms with Gasteiger partial charge in [-0.05, 0) is 25.4 Å². The summed E-state index contributed by atoms with van der Waals surface area (Å²) in [7, 11) is 1.26. The van der Waals surface area contributed by atoms with Gasteiger partial charge in [0.2, 0.25) is 0 Å². The van der Waals surface area contributed by atoms with Crippen molar-refractivity contribution in [3.63, 3.8) is 0 Å². The van der Waals surface area contributed by atoms with E-state index in [1.54, 1.807) is 11.8 Å². The monoisotopic (exact) mass is 332 g/mol. The number of thioether (sulfide) groups is 1. The zero-order valence-corrected chi connectivity index (χ0v) is 13.5. The Morgan fingerprint density at radius 3 is 2.71 bits per heavy atom. The lowest BCUT2D eigenvalue weighted by Gasteiger charge is -2.15. The number of ketones is 1. The van der Waals surface area contributed by atoms with Gasteiger partial charge in [-0.25, -0.2) is 4.79 Å². The minimum atomic E-state index is -0.681. The number of anilines is 1. The molecule has 0 unspecified atom stereocenters. The van der Waals surface area contributed by atoms with Gasteiger partial charge in [0.05, 0.1) is 16.9 Å². The number of carbonyl (C=O) groups is 2. The Labute approximate surface area is 130 Å². The molecule has 0 aliphatic heterocycles. The molecular formula is C12H16N2O5S2. The summed E-state index contributed by atoms with van der Waals surface area (Å²) >= 11 is 2.53. The predicted octanol–water partition coefficient (Wildman–Crippen LogP) is 2.57. The van der Waals surface area contributed by atoms with E-state index in [4.69, 9.17) is 4.74 Å². The number of Topliss-reactive ketones (excluding diaryl/α,β-unsaturated/α-hetero) is 1. The first-order chi connectivity index (χ1) is 9.90. The topological polar surface area (TPSA) is 98.5 Å². The highest BCUT2D eigenvalue weighted by Crippen LogP contribution is 2.35. The molecule has 1 N–H and O–H groups in total. The summed E-state index contributed by atoms with van der Waals surface area (Å²) in [5.74, 6) is -0.0445. The van der Waals surface area contributed by atoms with Crippen LogP contribution in [-0.2, 0) is 9.53 Å². The van der Waals surface area contributed by atoms with Gasteiger partial charge >= 0.3 is 11.7 Å². The first-order valence-corrected chi connectivity index (χ1v) is 8.24. The van der Waals surface area contributed by atoms with Gasteiger partial charge in [-0.15, -0.1) is 11.3 Å². The predicted molar refractivity (Wildman–Crippen MR) is 83.4 cm³/mol. The van der Waals surface area contributed by atoms with Crippen LogP contribution in [0.2, 0.25) is 0 Å². The number of esters is 1. The Balaban J connectivity index is 3.03. The molecular weight excluding hydrogens is 316 g/mol. The van der Waals surface area contributed by atoms with Crippen molar-refractivity contribution in [2.75, 3.05) is 24.4 Å². The van der Waals surface area contributed by atoms with Crippen LogP contribution in [-0.4, -0.2) is 41.8 Å². The zero-order chi connectivity index (χ0) is 16.0. The van der Waals surface area contributed by atoms with Crippen molar-refractivity contribution in [1.29, 1.82) is 0 Å². The maximum absolute atomic E-state index is 11.7. The number of methoxy groups -OCH3 is 1. The fraction of sp³-hybridized carbons (Fsp3) is 0.500. The molecule has 0 aliphatic rings. The van der Waals surface area contributed by atoms with Crippen molar-refractivity contribution in [2.45, 2.75) is 19.4 Å². The number of rotatable bonds is 8. The second-order valence-electron chi connectivity index (χ2n) is 4.14. The van der Waals surface area contributed by atoms with Gasteiger partial charge in [-0.3, -0.25) is 14.9 Å². The highest BCUT2D eigenvalue weighted by atomic mass is 32.2. The summed E-state index contributed by atoms with van der Waals surface area (Å²) in [6.07, 6.45) is 2.37. The molecule has 1 atom stereocenters. The smallest absolute Gasteiger partial charge is 0.328 e. The Hall–Kier alpha value is -1.61. The Morgan fingerprint density at radius 2 is 2.24 bits per heavy atom. The molecule has 0 saturated heterocycles. The van der Waals surface area contributed by atoms with E-state index in [2.05, 4.69) is 5.32 Å². The molecule has 9 heteroatoms. The number of carbonyl (C=O) groups excluding carboxylic acids is 2. The zero-order valence-electron chi connectivity index (χ0n) is 11.9. The second-order valence-corrected chi connectivity index (χ2v) is 6.18. The number of thiophene rings is 1. The van der Waals surface area contributed by atoms with E-state index in [0.29, 0.717) is 12.2 Å². The molecule has 1 aromatic rings. The fourth-order valence-electron chi connectivity index (χ4n) is 1.58. The third kappa shape index (κ3) is 4.71. The van der Waals surface area contributed by atoms with Crippen molar-refractivity contribution < 1.29 is 19.2 Å². The molecule has 0 spiro atoms. The lowest BCUT2D eigenvalue weighted by Crippen LogP contribution is -2.31. The van der Waals surface area contributed by atoms with E-state index >= 15 is 0 Å². The Morgan fingerprint density at radius 1 is 1.57 bits per heavy atom. The van der Waals surface area contributed by atoms with Crippen LogP contribution in [0.4, 0.5) is 10.7 Å². The quantitative estimate of drug-likeness (QED) is 0.338. The van der Waals surface area contributed by atoms with Crippen LogP contribution in [0.3, 0.4) is 0 Å². The lowest BCUT2D eigenvalue weighted by atomic mass is 10.2. The molecule has 116 valence electrons. The standard InChI is InChI=1S/C12H16N2O5S2/c1-7(15)10-6-9(14(17)18)11(21-10)13-8(4-5-20-3)12(16)19-2/h6,8,13H,4-5H2,1-3H3/t8-/m0/s1. The minimum absolute atomic E-state index is 0.196. The van der Waals surface area contributed by atoms with Crippen molar-refractivity contribution in [3.05, 3.63) is 21.1 Å². The number of ether oxygens (including phenoxy) is 1. The van der Waals surface area contributed by atoms with Gasteiger partial charge in [-0.2, -0.15) is 11.8 Å². The summed E-state index contributed by atoms with van der Waals surface area (Å²) < 4.78 is 4.69. The van der Waals surface area contributed by atoms with Gasteiger partial charge in [0.25, 0.3) is 0 Å². The molecule has 0 bridgehead atoms. The van der Waals surface area contributed by atoms with Crippen LogP contribution in [0.25, 0.3) is 0 Å². The van der Waals surface area contributed by atoms with E-state index in [1.807, 2.05) is 6.26 Å². The maximum atomic E-state index is 11.7. The van der Waals surface area contributed by atoms with Gasteiger partial charge < -0.3 is 10.1 Å². The van der Waals surface area contributed by atoms with E-state index in [-0.39, 0.29) is 21.3 Å². The Bertz CT molecular complexity index is 544. The molecule has 21 heavy (non-hydrogen) atoms. The third-order valence-electron chi connectivity index (χ3n) is 2.66. The molecule has 1 aromatic heterocycles. The molecule has 0 aromatic carbocycles. The summed E-state index contributed by atoms with van der Waals surface area (Å²) in [4.78, 5) is 33.8. The molecule has 0 fully saturated rings. The van der Waals surface area contributed by atoms with E-state index < -0.39 is 16.9 Å². The van der Waals surface area contributed by atoms with Crippen molar-refractivity contribution in [2.24, 2.45) is 0 Å². The Kier molecular flexibility index (Phi) is 6.63. The second kappa shape index (κ2) is 7.99. The van der Waals surface area contributed by atoms with Crippen LogP contribution in [0, 0.1) is 10.1 Å². The first-order valence-electron chi connectivity index (χ1n) is 6.03. The van der Waals surface area contributed by atoms with Crippen molar-refractivity contribution >= 4 is 45.5 Å². The fourth-order valence-corrected chi connectivity index (χ4v) is 3.02. The summed E-state index contributed by atoms with van der Waals surface area (Å²) in [5, 5.41) is 14.1. The van der Waals surface area contributed by atoms with Gasteiger partial charge in [0, 0.05) is 6.07 Å². The number of nitrogens with one attached hydrogen (secondary N) is 1. The number of nitrogens with zero attached hydrogens (tertiary/aromatic N) is 1. The first kappa shape index (κ1) is 17.4. The highest BCUT2D eigenvalue weighted by Gasteiger charge is 2.26. The van der Waals surface area contributed by atoms with Gasteiger partial charge in [-0.1, -0.05) is 0 Å². The highest BCUT2D eigenvalue weighted by molar-refractivity contribution is 7.98. The van der Waals surface area contributed by atoms with Crippen LogP contribution < -0.4 is 5.32 Å². The van der Waals surface area contributed by atoms with Gasteiger partial charge in [0.15, 0.2) is 10.8 Å². The molecule has 7 nitrogen and oxygen atoms in total. The van der Waals surface area contributed by atoms with Crippen LogP contribution in [0.1, 0.15) is 23.0 Å². The largest absolute Gasteiger partial charge is 0.467 e. The molecule has 0 saturated carbocycles. The average Bonchev–Trinajstić information content (AvgIpc) is 2.86. The van der Waals surface area contributed by atoms with Crippen molar-refractivity contribution in [1.82, 2.24) is 0 Å². The summed E-state index contributed by atoms with van der Waals surface area (Å²) in [6, 6.07) is 0.540. The maximum Gasteiger partial charge on any atom is 0.328 e. The third-order valence-corrected chi connectivity index (χ3v) is 4.46. The molecule has 0 aliphatic carbocycles. The lowest BCUT2D eigenvalue weighted by molar-refractivity contribution is -0.383. The number of hydrogen-bond donors (Lipinski definition) is 1. The minimum Gasteiger partial charge on any atom is -0.467 e. The molecule has 0 amide bonds. The van der Waals surface area contributed by atoms with Gasteiger partial charge in [0.1, 0.15) is 6.04 Å². The SMILES string of the molecule is COC(=O)[C@H](CCSC)Nc1sc(C(C)=O)cc1[N+](=O)[O-]. The molecule has 1 rings (SSSR count). The molecule has 1 heterocycles. The van der Waals surface area contributed by atoms with E-state index in [9.17, 15) is 19.7 Å². The number of nitro groups is 1. The van der Waals surface area contributed by atoms with Crippen LogP contribution in [0.5, 0.6) is 0 Å². The van der Waals surface area contributed by atoms with Crippen LogP contribution in [0.15, 0.2) is 6.07 Å². The molecule has 0 radical (unpaired) electrons. The van der Waals surface area contributed by atoms with E-state index in [1.165, 1.54) is 20.1 Å². The number of hydrogen-bond acceptors (Lipinski definition) is 8. The normalized spacial score (nSPS) is 11.8. The van der Waals surface area contributed by atoms with Crippen LogP contribution >= 0.6 is 23.1 Å². The average molecular weight is 332 g/mol. The van der Waals surface area contributed by atoms with E-state index in [0.717, 1.165) is 11.3 Å². The summed E-state index contributed by atoms with van der Waals surface area (Å²) in [6.45, 7) is 1.34.